The smallest absolute Gasteiger partial charge is 0.230 e. The van der Waals surface area contributed by atoms with E-state index in [0.29, 0.717) is 35.2 Å². The van der Waals surface area contributed by atoms with Crippen molar-refractivity contribution in [3.63, 3.8) is 0 Å². The summed E-state index contributed by atoms with van der Waals surface area (Å²) < 4.78 is 16.5. The Bertz CT molecular complexity index is 1870. The van der Waals surface area contributed by atoms with Crippen LogP contribution in [0.15, 0.2) is 87.1 Å². The van der Waals surface area contributed by atoms with Crippen molar-refractivity contribution in [2.75, 3.05) is 0 Å². The summed E-state index contributed by atoms with van der Waals surface area (Å²) in [5, 5.41) is 12.3. The molecule has 0 saturated heterocycles. The molecule has 0 atom stereocenters. The van der Waals surface area contributed by atoms with Crippen LogP contribution in [0, 0.1) is 17.8 Å². The van der Waals surface area contributed by atoms with Gasteiger partial charge in [-0.3, -0.25) is 15.0 Å². The number of rotatable bonds is 15. The predicted molar refractivity (Wildman–Crippen MR) is 245 cm³/mol. The highest BCUT2D eigenvalue weighted by molar-refractivity contribution is 5.54. The molecular weight excluding hydrogens is 787 g/mol. The average Bonchev–Trinajstić information content (AvgIpc) is 4.17. The topological polar surface area (TPSA) is 155 Å². The van der Waals surface area contributed by atoms with Crippen LogP contribution in [-0.4, -0.2) is 45.4 Å². The molecule has 0 amide bonds. The minimum absolute atomic E-state index is 0.450. The standard InChI is InChI=1S/3C17H23N3O/c3*1-2-3-4-13-5-7-15(8-6-13)17-19-16(20-21-17)14-9-11-18-12-10-14/h3*9-13,15H,2-8H2,1H3. The molecule has 0 unspecified atom stereocenters. The summed E-state index contributed by atoms with van der Waals surface area (Å²) in [4.78, 5) is 25.8. The normalized spacial score (nSPS) is 22.3. The molecule has 63 heavy (non-hydrogen) atoms. The van der Waals surface area contributed by atoms with Crippen LogP contribution >= 0.6 is 0 Å². The third-order valence-corrected chi connectivity index (χ3v) is 13.6. The van der Waals surface area contributed by atoms with Gasteiger partial charge in [-0.1, -0.05) is 94.0 Å². The van der Waals surface area contributed by atoms with E-state index in [-0.39, 0.29) is 0 Å². The Labute approximate surface area is 374 Å². The first-order valence-electron chi connectivity index (χ1n) is 24.3. The third-order valence-electron chi connectivity index (χ3n) is 13.6. The highest BCUT2D eigenvalue weighted by atomic mass is 16.5. The van der Waals surface area contributed by atoms with Crippen LogP contribution in [0.5, 0.6) is 0 Å². The third kappa shape index (κ3) is 13.7. The van der Waals surface area contributed by atoms with Gasteiger partial charge in [0.05, 0.1) is 0 Å². The Hall–Kier alpha value is -5.13. The largest absolute Gasteiger partial charge is 0.339 e. The maximum Gasteiger partial charge on any atom is 0.230 e. The van der Waals surface area contributed by atoms with Crippen molar-refractivity contribution in [2.45, 2.75) is 173 Å². The second-order valence-corrected chi connectivity index (χ2v) is 18.2. The number of pyridine rings is 3. The zero-order valence-corrected chi connectivity index (χ0v) is 38.0. The van der Waals surface area contributed by atoms with Gasteiger partial charge in [-0.05, 0) is 131 Å². The highest BCUT2D eigenvalue weighted by Crippen LogP contribution is 2.40. The number of aromatic nitrogens is 9. The Morgan fingerprint density at radius 1 is 0.381 bits per heavy atom. The fourth-order valence-electron chi connectivity index (χ4n) is 9.63. The van der Waals surface area contributed by atoms with Crippen molar-refractivity contribution >= 4 is 0 Å². The van der Waals surface area contributed by atoms with E-state index in [2.05, 4.69) is 66.1 Å². The summed E-state index contributed by atoms with van der Waals surface area (Å²) in [6, 6.07) is 11.5. The maximum atomic E-state index is 5.49. The monoisotopic (exact) mass is 856 g/mol. The molecule has 12 nitrogen and oxygen atoms in total. The fourth-order valence-corrected chi connectivity index (χ4v) is 9.63. The Morgan fingerprint density at radius 3 is 0.873 bits per heavy atom. The van der Waals surface area contributed by atoms with Gasteiger partial charge in [0.2, 0.25) is 35.1 Å². The first kappa shape index (κ1) is 45.9. The summed E-state index contributed by atoms with van der Waals surface area (Å²) in [7, 11) is 0. The lowest BCUT2D eigenvalue weighted by Gasteiger charge is -2.26. The Morgan fingerprint density at radius 2 is 0.635 bits per heavy atom. The van der Waals surface area contributed by atoms with Gasteiger partial charge in [0, 0.05) is 71.6 Å². The van der Waals surface area contributed by atoms with Gasteiger partial charge in [-0.2, -0.15) is 15.0 Å². The van der Waals surface area contributed by atoms with E-state index in [9.17, 15) is 0 Å². The van der Waals surface area contributed by atoms with Gasteiger partial charge in [-0.25, -0.2) is 0 Å². The summed E-state index contributed by atoms with van der Waals surface area (Å²) in [5.41, 5.74) is 2.91. The molecule has 336 valence electrons. The summed E-state index contributed by atoms with van der Waals surface area (Å²) in [6.07, 6.45) is 37.6. The second kappa shape index (κ2) is 24.6. The van der Waals surface area contributed by atoms with E-state index >= 15 is 0 Å². The number of unbranched alkanes of at least 4 members (excludes halogenated alkanes) is 3. The van der Waals surface area contributed by atoms with Gasteiger partial charge >= 0.3 is 0 Å². The predicted octanol–water partition coefficient (Wildman–Crippen LogP) is 13.8. The van der Waals surface area contributed by atoms with E-state index in [4.69, 9.17) is 13.6 Å². The number of nitrogens with zero attached hydrogens (tertiary/aromatic N) is 9. The molecule has 6 aromatic heterocycles. The van der Waals surface area contributed by atoms with Crippen molar-refractivity contribution in [3.8, 4) is 34.2 Å². The van der Waals surface area contributed by atoms with Gasteiger partial charge < -0.3 is 13.6 Å². The minimum Gasteiger partial charge on any atom is -0.339 e. The molecule has 3 fully saturated rings. The molecule has 12 heteroatoms. The number of hydrogen-bond acceptors (Lipinski definition) is 12. The Kier molecular flexibility index (Phi) is 17.9. The summed E-state index contributed by atoms with van der Waals surface area (Å²) >= 11 is 0. The first-order valence-corrected chi connectivity index (χ1v) is 24.3. The van der Waals surface area contributed by atoms with E-state index < -0.39 is 0 Å². The van der Waals surface area contributed by atoms with Crippen molar-refractivity contribution in [1.82, 2.24) is 45.4 Å². The molecule has 0 aliphatic heterocycles. The van der Waals surface area contributed by atoms with Gasteiger partial charge in [0.25, 0.3) is 0 Å². The van der Waals surface area contributed by atoms with E-state index in [1.165, 1.54) is 135 Å². The molecule has 3 saturated carbocycles. The zero-order chi connectivity index (χ0) is 43.5. The van der Waals surface area contributed by atoms with Crippen LogP contribution < -0.4 is 0 Å². The fraction of sp³-hybridized carbons (Fsp3) is 0.588. The van der Waals surface area contributed by atoms with Crippen LogP contribution in [0.2, 0.25) is 0 Å². The SMILES string of the molecule is CCCCC1CCC(c2nc(-c3ccncc3)no2)CC1.CCCCC1CCC(c2nc(-c3ccncc3)no2)CC1.CCCCC1CCC(c2nc(-c3ccncc3)no2)CC1. The molecular formula is C51H69N9O3. The van der Waals surface area contributed by atoms with Crippen molar-refractivity contribution in [2.24, 2.45) is 17.8 Å². The van der Waals surface area contributed by atoms with Crippen LogP contribution in [0.3, 0.4) is 0 Å². The highest BCUT2D eigenvalue weighted by Gasteiger charge is 2.29. The van der Waals surface area contributed by atoms with Crippen LogP contribution in [-0.2, 0) is 0 Å². The minimum atomic E-state index is 0.450. The first-order chi connectivity index (χ1) is 31.1. The quantitative estimate of drug-likeness (QED) is 0.0964. The van der Waals surface area contributed by atoms with Crippen LogP contribution in [0.4, 0.5) is 0 Å². The van der Waals surface area contributed by atoms with Crippen LogP contribution in [0.1, 0.15) is 191 Å². The van der Waals surface area contributed by atoms with Crippen molar-refractivity contribution in [3.05, 3.63) is 91.3 Å². The van der Waals surface area contributed by atoms with E-state index in [1.54, 1.807) is 37.2 Å². The second-order valence-electron chi connectivity index (χ2n) is 18.2. The van der Waals surface area contributed by atoms with Crippen molar-refractivity contribution < 1.29 is 13.6 Å². The van der Waals surface area contributed by atoms with Crippen LogP contribution in [0.25, 0.3) is 34.2 Å². The Balaban J connectivity index is 0.000000142. The summed E-state index contributed by atoms with van der Waals surface area (Å²) in [6.45, 7) is 6.81. The molecule has 0 radical (unpaired) electrons. The molecule has 3 aliphatic carbocycles. The lowest BCUT2D eigenvalue weighted by molar-refractivity contribution is 0.260. The molecule has 9 rings (SSSR count). The lowest BCUT2D eigenvalue weighted by Crippen LogP contribution is -2.13. The molecule has 0 N–H and O–H groups in total. The van der Waals surface area contributed by atoms with Gasteiger partial charge in [0.15, 0.2) is 0 Å². The summed E-state index contributed by atoms with van der Waals surface area (Å²) in [5.74, 6) is 8.56. The average molecular weight is 856 g/mol. The maximum absolute atomic E-state index is 5.49. The molecule has 3 aliphatic rings. The molecule has 0 spiro atoms. The molecule has 6 aromatic rings. The molecule has 0 bridgehead atoms. The molecule has 0 aromatic carbocycles. The van der Waals surface area contributed by atoms with E-state index in [0.717, 1.165) is 52.1 Å². The zero-order valence-electron chi connectivity index (χ0n) is 38.0. The number of hydrogen-bond donors (Lipinski definition) is 0. The van der Waals surface area contributed by atoms with Crippen molar-refractivity contribution in [1.29, 1.82) is 0 Å². The van der Waals surface area contributed by atoms with Gasteiger partial charge in [-0.15, -0.1) is 0 Å². The lowest BCUT2D eigenvalue weighted by atomic mass is 9.80. The van der Waals surface area contributed by atoms with E-state index in [1.807, 2.05) is 36.4 Å². The van der Waals surface area contributed by atoms with Gasteiger partial charge in [0.1, 0.15) is 0 Å². The molecule has 6 heterocycles.